The van der Waals surface area contributed by atoms with E-state index in [-0.39, 0.29) is 23.5 Å². The molecule has 1 amide bonds. The molecular weight excluding hydrogens is 316 g/mol. The van der Waals surface area contributed by atoms with Crippen LogP contribution >= 0.6 is 0 Å². The molecule has 0 bridgehead atoms. The Morgan fingerprint density at radius 1 is 1.42 bits per heavy atom. The Morgan fingerprint density at radius 3 is 2.67 bits per heavy atom. The van der Waals surface area contributed by atoms with Gasteiger partial charge in [0.05, 0.1) is 16.7 Å². The van der Waals surface area contributed by atoms with E-state index in [1.165, 1.54) is 43.1 Å². The summed E-state index contributed by atoms with van der Waals surface area (Å²) in [5, 5.41) is 22.8. The number of nitro benzene ring substituents is 1. The number of amides is 1. The number of carbonyl (C=O) groups is 2. The number of carboxylic acids is 1. The predicted molar refractivity (Wildman–Crippen MR) is 84.0 cm³/mol. The molecule has 0 aliphatic heterocycles. The molecule has 9 nitrogen and oxygen atoms in total. The Morgan fingerprint density at radius 2 is 2.12 bits per heavy atom. The maximum atomic E-state index is 12.1. The number of nitrogens with one attached hydrogen (secondary N) is 1. The normalized spacial score (nSPS) is 11.1. The van der Waals surface area contributed by atoms with Crippen molar-refractivity contribution in [3.05, 3.63) is 52.6 Å². The highest BCUT2D eigenvalue weighted by Crippen LogP contribution is 2.24. The van der Waals surface area contributed by atoms with E-state index < -0.39 is 22.2 Å². The molecule has 0 saturated carbocycles. The Kier molecular flexibility index (Phi) is 4.63. The van der Waals surface area contributed by atoms with E-state index in [1.54, 1.807) is 6.20 Å². The third-order valence-electron chi connectivity index (χ3n) is 3.49. The number of hydrogen-bond acceptors (Lipinski definition) is 5. The molecule has 0 fully saturated rings. The van der Waals surface area contributed by atoms with Gasteiger partial charge in [-0.15, -0.1) is 0 Å². The van der Waals surface area contributed by atoms with Crippen LogP contribution in [-0.4, -0.2) is 38.0 Å². The quantitative estimate of drug-likeness (QED) is 0.611. The van der Waals surface area contributed by atoms with Crippen molar-refractivity contribution in [2.24, 2.45) is 5.41 Å². The van der Waals surface area contributed by atoms with Crippen molar-refractivity contribution < 1.29 is 19.6 Å². The fourth-order valence-electron chi connectivity index (χ4n) is 1.91. The second-order valence-electron chi connectivity index (χ2n) is 5.80. The first-order valence-corrected chi connectivity index (χ1v) is 7.01. The van der Waals surface area contributed by atoms with Gasteiger partial charge in [-0.2, -0.15) is 0 Å². The highest BCUT2D eigenvalue weighted by molar-refractivity contribution is 5.95. The molecule has 0 spiro atoms. The van der Waals surface area contributed by atoms with Gasteiger partial charge < -0.3 is 15.0 Å². The van der Waals surface area contributed by atoms with Gasteiger partial charge in [0.2, 0.25) is 0 Å². The number of imidazole rings is 1. The summed E-state index contributed by atoms with van der Waals surface area (Å²) >= 11 is 0. The SMILES string of the molecule is CC(C)(CNC(=O)c1ccc(-n2ccnc2)c([N+](=O)[O-])c1)C(=O)O. The summed E-state index contributed by atoms with van der Waals surface area (Å²) in [5.74, 6) is -1.63. The third-order valence-corrected chi connectivity index (χ3v) is 3.49. The van der Waals surface area contributed by atoms with Gasteiger partial charge in [-0.25, -0.2) is 4.98 Å². The number of nitro groups is 1. The maximum absolute atomic E-state index is 12.1. The molecule has 0 atom stereocenters. The Hall–Kier alpha value is -3.23. The van der Waals surface area contributed by atoms with Crippen LogP contribution in [0.5, 0.6) is 0 Å². The van der Waals surface area contributed by atoms with Crippen molar-refractivity contribution in [3.8, 4) is 5.69 Å². The zero-order valence-corrected chi connectivity index (χ0v) is 13.1. The molecule has 126 valence electrons. The molecule has 0 aliphatic rings. The van der Waals surface area contributed by atoms with Crippen molar-refractivity contribution in [2.75, 3.05) is 6.54 Å². The first kappa shape index (κ1) is 17.1. The lowest BCUT2D eigenvalue weighted by Gasteiger charge is -2.19. The molecule has 2 N–H and O–H groups in total. The minimum atomic E-state index is -1.14. The van der Waals surface area contributed by atoms with Gasteiger partial charge in [-0.05, 0) is 26.0 Å². The Labute approximate surface area is 137 Å². The number of aliphatic carboxylic acids is 1. The van der Waals surface area contributed by atoms with Crippen molar-refractivity contribution in [1.82, 2.24) is 14.9 Å². The fraction of sp³-hybridized carbons (Fsp3) is 0.267. The van der Waals surface area contributed by atoms with Crippen molar-refractivity contribution >= 4 is 17.6 Å². The first-order valence-electron chi connectivity index (χ1n) is 7.01. The number of hydrogen-bond donors (Lipinski definition) is 2. The van der Waals surface area contributed by atoms with Gasteiger partial charge in [-0.3, -0.25) is 19.7 Å². The van der Waals surface area contributed by atoms with Crippen molar-refractivity contribution in [2.45, 2.75) is 13.8 Å². The molecule has 24 heavy (non-hydrogen) atoms. The predicted octanol–water partition coefficient (Wildman–Crippen LogP) is 1.62. The molecule has 0 saturated heterocycles. The monoisotopic (exact) mass is 332 g/mol. The van der Waals surface area contributed by atoms with Crippen LogP contribution in [0.15, 0.2) is 36.9 Å². The Bertz CT molecular complexity index is 783. The van der Waals surface area contributed by atoms with Crippen LogP contribution in [-0.2, 0) is 4.79 Å². The lowest BCUT2D eigenvalue weighted by molar-refractivity contribution is -0.384. The van der Waals surface area contributed by atoms with Crippen molar-refractivity contribution in [1.29, 1.82) is 0 Å². The third kappa shape index (κ3) is 3.57. The summed E-state index contributed by atoms with van der Waals surface area (Å²) in [6.07, 6.45) is 4.45. The summed E-state index contributed by atoms with van der Waals surface area (Å²) in [4.78, 5) is 37.7. The summed E-state index contributed by atoms with van der Waals surface area (Å²) in [6.45, 7) is 2.85. The van der Waals surface area contributed by atoms with Gasteiger partial charge in [-0.1, -0.05) is 0 Å². The number of rotatable bonds is 6. The molecule has 0 unspecified atom stereocenters. The number of benzene rings is 1. The van der Waals surface area contributed by atoms with Crippen LogP contribution < -0.4 is 5.32 Å². The number of carbonyl (C=O) groups excluding carboxylic acids is 1. The number of nitrogens with zero attached hydrogens (tertiary/aromatic N) is 3. The standard InChI is InChI=1S/C15H16N4O5/c1-15(2,14(21)22)8-17-13(20)10-3-4-11(12(7-10)19(23)24)18-6-5-16-9-18/h3-7,9H,8H2,1-2H3,(H,17,20)(H,21,22). The van der Waals surface area contributed by atoms with E-state index in [1.807, 2.05) is 0 Å². The average Bonchev–Trinajstić information content (AvgIpc) is 3.06. The van der Waals surface area contributed by atoms with E-state index >= 15 is 0 Å². The van der Waals surface area contributed by atoms with E-state index in [2.05, 4.69) is 10.3 Å². The van der Waals surface area contributed by atoms with Crippen LogP contribution in [0.2, 0.25) is 0 Å². The topological polar surface area (TPSA) is 127 Å². The lowest BCUT2D eigenvalue weighted by Crippen LogP contribution is -2.38. The van der Waals surface area contributed by atoms with Gasteiger partial charge in [0.1, 0.15) is 5.69 Å². The van der Waals surface area contributed by atoms with Gasteiger partial charge in [0.25, 0.3) is 11.6 Å². The fourth-order valence-corrected chi connectivity index (χ4v) is 1.91. The van der Waals surface area contributed by atoms with Gasteiger partial charge in [0, 0.05) is 30.6 Å². The van der Waals surface area contributed by atoms with Gasteiger partial charge >= 0.3 is 5.97 Å². The molecule has 1 aromatic carbocycles. The van der Waals surface area contributed by atoms with Crippen LogP contribution in [0.25, 0.3) is 5.69 Å². The summed E-state index contributed by atoms with van der Waals surface area (Å²) in [7, 11) is 0. The minimum Gasteiger partial charge on any atom is -0.481 e. The highest BCUT2D eigenvalue weighted by Gasteiger charge is 2.28. The van der Waals surface area contributed by atoms with E-state index in [0.29, 0.717) is 0 Å². The second kappa shape index (κ2) is 6.49. The Balaban J connectivity index is 2.26. The average molecular weight is 332 g/mol. The van der Waals surface area contributed by atoms with Crippen molar-refractivity contribution in [3.63, 3.8) is 0 Å². The summed E-state index contributed by atoms with van der Waals surface area (Å²) in [6, 6.07) is 4.03. The molecule has 0 radical (unpaired) electrons. The second-order valence-corrected chi connectivity index (χ2v) is 5.80. The smallest absolute Gasteiger partial charge is 0.310 e. The van der Waals surface area contributed by atoms with Crippen LogP contribution in [0.1, 0.15) is 24.2 Å². The van der Waals surface area contributed by atoms with E-state index in [9.17, 15) is 19.7 Å². The molecule has 1 aromatic heterocycles. The van der Waals surface area contributed by atoms with Crippen LogP contribution in [0.3, 0.4) is 0 Å². The van der Waals surface area contributed by atoms with Gasteiger partial charge in [0.15, 0.2) is 0 Å². The molecule has 1 heterocycles. The lowest BCUT2D eigenvalue weighted by atomic mass is 9.94. The summed E-state index contributed by atoms with van der Waals surface area (Å²) < 4.78 is 1.47. The van der Waals surface area contributed by atoms with E-state index in [4.69, 9.17) is 5.11 Å². The molecule has 0 aliphatic carbocycles. The molecule has 9 heteroatoms. The largest absolute Gasteiger partial charge is 0.481 e. The first-order chi connectivity index (χ1) is 11.2. The van der Waals surface area contributed by atoms with E-state index in [0.717, 1.165) is 6.07 Å². The molecule has 2 aromatic rings. The zero-order chi connectivity index (χ0) is 17.9. The number of aromatic nitrogens is 2. The van der Waals surface area contributed by atoms with Crippen LogP contribution in [0, 0.1) is 15.5 Å². The summed E-state index contributed by atoms with van der Waals surface area (Å²) in [5.41, 5.74) is -1.04. The molecule has 2 rings (SSSR count). The number of carboxylic acid groups (broad SMARTS) is 1. The molecular formula is C15H16N4O5. The zero-order valence-electron chi connectivity index (χ0n) is 13.1. The van der Waals surface area contributed by atoms with Crippen LogP contribution in [0.4, 0.5) is 5.69 Å². The highest BCUT2D eigenvalue weighted by atomic mass is 16.6. The maximum Gasteiger partial charge on any atom is 0.310 e. The minimum absolute atomic E-state index is 0.0757.